The van der Waals surface area contributed by atoms with Crippen LogP contribution in [0, 0.1) is 5.82 Å². The molecule has 0 saturated heterocycles. The van der Waals surface area contributed by atoms with Gasteiger partial charge in [0, 0.05) is 26.7 Å². The molecule has 1 amide bonds. The summed E-state index contributed by atoms with van der Waals surface area (Å²) < 4.78 is 13.6. The van der Waals surface area contributed by atoms with Crippen molar-refractivity contribution in [1.82, 2.24) is 15.5 Å². The van der Waals surface area contributed by atoms with E-state index in [0.717, 1.165) is 13.0 Å². The summed E-state index contributed by atoms with van der Waals surface area (Å²) in [6, 6.07) is 15.0. The fourth-order valence-corrected chi connectivity index (χ4v) is 3.22. The van der Waals surface area contributed by atoms with Crippen LogP contribution >= 0.6 is 24.0 Å². The third kappa shape index (κ3) is 5.92. The second-order valence-corrected chi connectivity index (χ2v) is 6.53. The minimum Gasteiger partial charge on any atom is -0.356 e. The quantitative estimate of drug-likeness (QED) is 0.381. The van der Waals surface area contributed by atoms with Gasteiger partial charge in [-0.2, -0.15) is 0 Å². The summed E-state index contributed by atoms with van der Waals surface area (Å²) in [7, 11) is 1.65. The van der Waals surface area contributed by atoms with Gasteiger partial charge in [-0.25, -0.2) is 4.39 Å². The Morgan fingerprint density at radius 2 is 1.82 bits per heavy atom. The minimum absolute atomic E-state index is 0. The molecular formula is C21H26FIN4O. The highest BCUT2D eigenvalue weighted by Crippen LogP contribution is 2.18. The number of hydrogen-bond acceptors (Lipinski definition) is 2. The Hall–Kier alpha value is -2.16. The van der Waals surface area contributed by atoms with Crippen LogP contribution in [-0.2, 0) is 24.2 Å². The standard InChI is InChI=1S/C21H25FN4O.HI/c1-23-21(24-12-10-17-7-4-5-9-19(17)22)25-14-20(27)26-13-11-16-6-2-3-8-18(16)15-26;/h2-9H,10-15H2,1H3,(H2,23,24,25);1H. The van der Waals surface area contributed by atoms with Crippen LogP contribution in [0.3, 0.4) is 0 Å². The summed E-state index contributed by atoms with van der Waals surface area (Å²) in [4.78, 5) is 18.5. The van der Waals surface area contributed by atoms with Crippen molar-refractivity contribution < 1.29 is 9.18 Å². The van der Waals surface area contributed by atoms with Crippen LogP contribution in [-0.4, -0.2) is 43.4 Å². The molecule has 1 aliphatic heterocycles. The van der Waals surface area contributed by atoms with E-state index < -0.39 is 0 Å². The molecule has 0 spiro atoms. The molecule has 3 rings (SSSR count). The number of amides is 1. The van der Waals surface area contributed by atoms with Gasteiger partial charge in [0.15, 0.2) is 5.96 Å². The van der Waals surface area contributed by atoms with Crippen molar-refractivity contribution in [2.24, 2.45) is 4.99 Å². The van der Waals surface area contributed by atoms with Gasteiger partial charge >= 0.3 is 0 Å². The van der Waals surface area contributed by atoms with Crippen LogP contribution < -0.4 is 10.6 Å². The van der Waals surface area contributed by atoms with Gasteiger partial charge in [0.1, 0.15) is 5.82 Å². The molecule has 0 fully saturated rings. The third-order valence-electron chi connectivity index (χ3n) is 4.76. The lowest BCUT2D eigenvalue weighted by Gasteiger charge is -2.29. The molecule has 0 atom stereocenters. The van der Waals surface area contributed by atoms with E-state index in [1.807, 2.05) is 23.1 Å². The number of carbonyl (C=O) groups excluding carboxylic acids is 1. The van der Waals surface area contributed by atoms with Gasteiger partial charge in [0.25, 0.3) is 0 Å². The fourth-order valence-electron chi connectivity index (χ4n) is 3.22. The van der Waals surface area contributed by atoms with Gasteiger partial charge < -0.3 is 15.5 Å². The first-order valence-corrected chi connectivity index (χ1v) is 9.20. The Balaban J connectivity index is 0.00000280. The average Bonchev–Trinajstić information content (AvgIpc) is 2.71. The van der Waals surface area contributed by atoms with Crippen molar-refractivity contribution in [1.29, 1.82) is 0 Å². The highest BCUT2D eigenvalue weighted by Gasteiger charge is 2.20. The van der Waals surface area contributed by atoms with Crippen molar-refractivity contribution in [3.05, 3.63) is 71.0 Å². The Bertz CT molecular complexity index is 828. The normalized spacial score (nSPS) is 13.4. The number of fused-ring (bicyclic) bond motifs is 1. The Kier molecular flexibility index (Phi) is 8.69. The molecule has 0 saturated carbocycles. The summed E-state index contributed by atoms with van der Waals surface area (Å²) in [5.74, 6) is 0.376. The van der Waals surface area contributed by atoms with E-state index in [-0.39, 0.29) is 42.2 Å². The second kappa shape index (κ2) is 11.0. The lowest BCUT2D eigenvalue weighted by atomic mass is 10.00. The zero-order valence-electron chi connectivity index (χ0n) is 16.0. The van der Waals surface area contributed by atoms with E-state index in [9.17, 15) is 9.18 Å². The molecule has 2 N–H and O–H groups in total. The van der Waals surface area contributed by atoms with E-state index in [4.69, 9.17) is 0 Å². The van der Waals surface area contributed by atoms with Crippen molar-refractivity contribution in [2.45, 2.75) is 19.4 Å². The number of benzene rings is 2. The molecule has 5 nitrogen and oxygen atoms in total. The molecule has 1 heterocycles. The van der Waals surface area contributed by atoms with Gasteiger partial charge in [-0.05, 0) is 35.6 Å². The monoisotopic (exact) mass is 496 g/mol. The smallest absolute Gasteiger partial charge is 0.242 e. The summed E-state index contributed by atoms with van der Waals surface area (Å²) in [6.45, 7) is 2.10. The van der Waals surface area contributed by atoms with E-state index in [1.165, 1.54) is 17.2 Å². The van der Waals surface area contributed by atoms with Crippen molar-refractivity contribution >= 4 is 35.8 Å². The number of nitrogens with zero attached hydrogens (tertiary/aromatic N) is 2. The zero-order valence-corrected chi connectivity index (χ0v) is 18.3. The molecule has 0 aromatic heterocycles. The van der Waals surface area contributed by atoms with E-state index >= 15 is 0 Å². The zero-order chi connectivity index (χ0) is 19.1. The van der Waals surface area contributed by atoms with E-state index in [0.29, 0.717) is 31.0 Å². The molecule has 2 aromatic carbocycles. The molecule has 1 aliphatic rings. The highest BCUT2D eigenvalue weighted by molar-refractivity contribution is 14.0. The minimum atomic E-state index is -0.206. The lowest BCUT2D eigenvalue weighted by molar-refractivity contribution is -0.130. The Morgan fingerprint density at radius 1 is 1.11 bits per heavy atom. The van der Waals surface area contributed by atoms with Crippen LogP contribution in [0.1, 0.15) is 16.7 Å². The van der Waals surface area contributed by atoms with Gasteiger partial charge in [0.05, 0.1) is 6.54 Å². The van der Waals surface area contributed by atoms with Crippen LogP contribution in [0.5, 0.6) is 0 Å². The largest absolute Gasteiger partial charge is 0.356 e. The predicted molar refractivity (Wildman–Crippen MR) is 120 cm³/mol. The first-order chi connectivity index (χ1) is 13.2. The van der Waals surface area contributed by atoms with Crippen LogP contribution in [0.2, 0.25) is 0 Å². The van der Waals surface area contributed by atoms with Crippen molar-refractivity contribution in [3.8, 4) is 0 Å². The maximum Gasteiger partial charge on any atom is 0.242 e. The molecule has 7 heteroatoms. The molecule has 0 aliphatic carbocycles. The predicted octanol–water partition coefficient (Wildman–Crippen LogP) is 2.74. The van der Waals surface area contributed by atoms with E-state index in [1.54, 1.807) is 19.2 Å². The highest BCUT2D eigenvalue weighted by atomic mass is 127. The third-order valence-corrected chi connectivity index (χ3v) is 4.76. The summed E-state index contributed by atoms with van der Waals surface area (Å²) in [5, 5.41) is 6.17. The maximum atomic E-state index is 13.6. The van der Waals surface area contributed by atoms with Gasteiger partial charge in [-0.3, -0.25) is 9.79 Å². The first kappa shape index (κ1) is 22.1. The van der Waals surface area contributed by atoms with E-state index in [2.05, 4.69) is 27.8 Å². The topological polar surface area (TPSA) is 56.7 Å². The first-order valence-electron chi connectivity index (χ1n) is 9.20. The number of aliphatic imine (C=N–C) groups is 1. The van der Waals surface area contributed by atoms with Crippen molar-refractivity contribution in [3.63, 3.8) is 0 Å². The summed E-state index contributed by atoms with van der Waals surface area (Å²) in [6.07, 6.45) is 1.43. The molecule has 150 valence electrons. The SMILES string of the molecule is CN=C(NCCc1ccccc1F)NCC(=O)N1CCc2ccccc2C1.I. The lowest BCUT2D eigenvalue weighted by Crippen LogP contribution is -2.46. The maximum absolute atomic E-state index is 13.6. The van der Waals surface area contributed by atoms with Crippen molar-refractivity contribution in [2.75, 3.05) is 26.7 Å². The Labute approximate surface area is 182 Å². The molecular weight excluding hydrogens is 470 g/mol. The number of halogens is 2. The number of rotatable bonds is 5. The Morgan fingerprint density at radius 3 is 2.57 bits per heavy atom. The molecule has 0 radical (unpaired) electrons. The number of hydrogen-bond donors (Lipinski definition) is 2. The number of guanidine groups is 1. The van der Waals surface area contributed by atoms with Crippen LogP contribution in [0.15, 0.2) is 53.5 Å². The number of nitrogens with one attached hydrogen (secondary N) is 2. The molecule has 28 heavy (non-hydrogen) atoms. The number of carbonyl (C=O) groups is 1. The average molecular weight is 496 g/mol. The molecule has 0 unspecified atom stereocenters. The van der Waals surface area contributed by atoms with Gasteiger partial charge in [0.2, 0.25) is 5.91 Å². The van der Waals surface area contributed by atoms with Gasteiger partial charge in [-0.15, -0.1) is 24.0 Å². The summed E-state index contributed by atoms with van der Waals surface area (Å²) >= 11 is 0. The van der Waals surface area contributed by atoms with Crippen LogP contribution in [0.4, 0.5) is 4.39 Å². The van der Waals surface area contributed by atoms with Crippen LogP contribution in [0.25, 0.3) is 0 Å². The fraction of sp³-hybridized carbons (Fsp3) is 0.333. The molecule has 2 aromatic rings. The molecule has 0 bridgehead atoms. The summed E-state index contributed by atoms with van der Waals surface area (Å²) in [5.41, 5.74) is 3.19. The second-order valence-electron chi connectivity index (χ2n) is 6.53. The van der Waals surface area contributed by atoms with Gasteiger partial charge in [-0.1, -0.05) is 42.5 Å².